The molecular weight excluding hydrogens is 176 g/mol. The standard InChI is InChI=1S/C11H16N2O/c1-10(8-13-6-7-13)9-14-11-4-2-3-5-12-11/h2-5,10H,6-9H2,1H3. The fourth-order valence-corrected chi connectivity index (χ4v) is 1.41. The summed E-state index contributed by atoms with van der Waals surface area (Å²) in [6.07, 6.45) is 1.75. The molecule has 3 heteroatoms. The van der Waals surface area contributed by atoms with Gasteiger partial charge in [-0.2, -0.15) is 0 Å². The summed E-state index contributed by atoms with van der Waals surface area (Å²) < 4.78 is 5.56. The van der Waals surface area contributed by atoms with Crippen molar-refractivity contribution in [3.8, 4) is 5.88 Å². The zero-order chi connectivity index (χ0) is 9.80. The van der Waals surface area contributed by atoms with E-state index in [4.69, 9.17) is 4.74 Å². The third kappa shape index (κ3) is 3.00. The van der Waals surface area contributed by atoms with Gasteiger partial charge in [0.05, 0.1) is 6.61 Å². The lowest BCUT2D eigenvalue weighted by Gasteiger charge is -2.12. The molecule has 3 nitrogen and oxygen atoms in total. The highest BCUT2D eigenvalue weighted by Crippen LogP contribution is 2.10. The highest BCUT2D eigenvalue weighted by atomic mass is 16.5. The van der Waals surface area contributed by atoms with Crippen LogP contribution in [-0.2, 0) is 0 Å². The van der Waals surface area contributed by atoms with Crippen LogP contribution in [0.3, 0.4) is 0 Å². The van der Waals surface area contributed by atoms with E-state index >= 15 is 0 Å². The second-order valence-electron chi connectivity index (χ2n) is 3.88. The topological polar surface area (TPSA) is 25.1 Å². The van der Waals surface area contributed by atoms with Gasteiger partial charge in [-0.15, -0.1) is 0 Å². The third-order valence-corrected chi connectivity index (χ3v) is 2.26. The lowest BCUT2D eigenvalue weighted by molar-refractivity contribution is 0.234. The Balaban J connectivity index is 1.70. The number of hydrogen-bond acceptors (Lipinski definition) is 3. The minimum atomic E-state index is 0.583. The fourth-order valence-electron chi connectivity index (χ4n) is 1.41. The molecule has 1 aromatic heterocycles. The number of nitrogens with zero attached hydrogens (tertiary/aromatic N) is 2. The number of ether oxygens (including phenoxy) is 1. The summed E-state index contributed by atoms with van der Waals surface area (Å²) in [5, 5.41) is 0. The SMILES string of the molecule is CC(COc1ccccn1)CN1CC1. The van der Waals surface area contributed by atoms with Crippen molar-refractivity contribution in [1.82, 2.24) is 9.88 Å². The zero-order valence-electron chi connectivity index (χ0n) is 8.52. The Bertz CT molecular complexity index is 272. The molecule has 0 aromatic carbocycles. The molecule has 0 amide bonds. The summed E-state index contributed by atoms with van der Waals surface area (Å²) in [6, 6.07) is 5.73. The molecule has 1 unspecified atom stereocenters. The molecule has 0 aliphatic carbocycles. The summed E-state index contributed by atoms with van der Waals surface area (Å²) in [5.41, 5.74) is 0. The molecule has 0 spiro atoms. The highest BCUT2D eigenvalue weighted by molar-refractivity contribution is 5.09. The summed E-state index contributed by atoms with van der Waals surface area (Å²) in [4.78, 5) is 6.52. The average molecular weight is 192 g/mol. The van der Waals surface area contributed by atoms with Crippen LogP contribution in [0, 0.1) is 5.92 Å². The van der Waals surface area contributed by atoms with Gasteiger partial charge < -0.3 is 9.64 Å². The van der Waals surface area contributed by atoms with Crippen LogP contribution >= 0.6 is 0 Å². The molecular formula is C11H16N2O. The van der Waals surface area contributed by atoms with E-state index in [9.17, 15) is 0 Å². The summed E-state index contributed by atoms with van der Waals surface area (Å²) in [6.45, 7) is 6.63. The third-order valence-electron chi connectivity index (χ3n) is 2.26. The minimum absolute atomic E-state index is 0.583. The van der Waals surface area contributed by atoms with E-state index in [1.165, 1.54) is 13.1 Å². The van der Waals surface area contributed by atoms with Gasteiger partial charge in [0.1, 0.15) is 0 Å². The van der Waals surface area contributed by atoms with Gasteiger partial charge in [-0.05, 0) is 6.07 Å². The van der Waals surface area contributed by atoms with Crippen LogP contribution in [0.25, 0.3) is 0 Å². The van der Waals surface area contributed by atoms with Crippen LogP contribution in [0.15, 0.2) is 24.4 Å². The smallest absolute Gasteiger partial charge is 0.213 e. The second-order valence-corrected chi connectivity index (χ2v) is 3.88. The van der Waals surface area contributed by atoms with Crippen molar-refractivity contribution < 1.29 is 4.74 Å². The largest absolute Gasteiger partial charge is 0.477 e. The van der Waals surface area contributed by atoms with Crippen LogP contribution in [0.1, 0.15) is 6.92 Å². The molecule has 0 saturated carbocycles. The summed E-state index contributed by atoms with van der Waals surface area (Å²) in [7, 11) is 0. The maximum Gasteiger partial charge on any atom is 0.213 e. The first-order valence-corrected chi connectivity index (χ1v) is 5.11. The van der Waals surface area contributed by atoms with Crippen LogP contribution in [0.2, 0.25) is 0 Å². The molecule has 0 radical (unpaired) electrons. The monoisotopic (exact) mass is 192 g/mol. The molecule has 1 atom stereocenters. The molecule has 1 saturated heterocycles. The van der Waals surface area contributed by atoms with Crippen molar-refractivity contribution in [3.05, 3.63) is 24.4 Å². The predicted octanol–water partition coefficient (Wildman–Crippen LogP) is 1.41. The van der Waals surface area contributed by atoms with Gasteiger partial charge in [0.15, 0.2) is 0 Å². The quantitative estimate of drug-likeness (QED) is 0.659. The van der Waals surface area contributed by atoms with Crippen molar-refractivity contribution in [2.45, 2.75) is 6.92 Å². The molecule has 2 heterocycles. The van der Waals surface area contributed by atoms with E-state index in [2.05, 4.69) is 16.8 Å². The van der Waals surface area contributed by atoms with Crippen LogP contribution in [-0.4, -0.2) is 36.1 Å². The molecule has 1 fully saturated rings. The van der Waals surface area contributed by atoms with Gasteiger partial charge in [-0.1, -0.05) is 13.0 Å². The van der Waals surface area contributed by atoms with Gasteiger partial charge in [-0.25, -0.2) is 4.98 Å². The van der Waals surface area contributed by atoms with Crippen LogP contribution in [0.4, 0.5) is 0 Å². The molecule has 1 aromatic rings. The van der Waals surface area contributed by atoms with Crippen LogP contribution < -0.4 is 4.74 Å². The van der Waals surface area contributed by atoms with Crippen molar-refractivity contribution in [1.29, 1.82) is 0 Å². The predicted molar refractivity (Wildman–Crippen MR) is 55.3 cm³/mol. The number of hydrogen-bond donors (Lipinski definition) is 0. The summed E-state index contributed by atoms with van der Waals surface area (Å²) >= 11 is 0. The zero-order valence-corrected chi connectivity index (χ0v) is 8.52. The maximum atomic E-state index is 5.56. The van der Waals surface area contributed by atoms with E-state index < -0.39 is 0 Å². The van der Waals surface area contributed by atoms with Gasteiger partial charge in [0.25, 0.3) is 0 Å². The Morgan fingerprint density at radius 1 is 1.50 bits per heavy atom. The number of pyridine rings is 1. The average Bonchev–Trinajstić information content (AvgIpc) is 3.00. The van der Waals surface area contributed by atoms with E-state index in [0.717, 1.165) is 19.0 Å². The van der Waals surface area contributed by atoms with Gasteiger partial charge in [-0.3, -0.25) is 0 Å². The van der Waals surface area contributed by atoms with Crippen molar-refractivity contribution in [2.75, 3.05) is 26.2 Å². The van der Waals surface area contributed by atoms with Gasteiger partial charge in [0.2, 0.25) is 5.88 Å². The van der Waals surface area contributed by atoms with Crippen molar-refractivity contribution in [3.63, 3.8) is 0 Å². The second kappa shape index (κ2) is 4.42. The molecule has 0 bridgehead atoms. The molecule has 0 N–H and O–H groups in total. The Labute approximate surface area is 84.7 Å². The number of aromatic nitrogens is 1. The molecule has 14 heavy (non-hydrogen) atoms. The van der Waals surface area contributed by atoms with Crippen molar-refractivity contribution >= 4 is 0 Å². The first-order chi connectivity index (χ1) is 6.84. The van der Waals surface area contributed by atoms with E-state index in [1.54, 1.807) is 6.20 Å². The van der Waals surface area contributed by atoms with Gasteiger partial charge >= 0.3 is 0 Å². The molecule has 1 aliphatic rings. The maximum absolute atomic E-state index is 5.56. The van der Waals surface area contributed by atoms with E-state index in [-0.39, 0.29) is 0 Å². The van der Waals surface area contributed by atoms with Gasteiger partial charge in [0, 0.05) is 37.8 Å². The Hall–Kier alpha value is -1.09. The van der Waals surface area contributed by atoms with Crippen LogP contribution in [0.5, 0.6) is 5.88 Å². The lowest BCUT2D eigenvalue weighted by atomic mass is 10.2. The minimum Gasteiger partial charge on any atom is -0.477 e. The molecule has 76 valence electrons. The normalized spacial score (nSPS) is 17.8. The lowest BCUT2D eigenvalue weighted by Crippen LogP contribution is -2.17. The van der Waals surface area contributed by atoms with Crippen molar-refractivity contribution in [2.24, 2.45) is 5.92 Å². The first-order valence-electron chi connectivity index (χ1n) is 5.11. The summed E-state index contributed by atoms with van der Waals surface area (Å²) in [5.74, 6) is 1.31. The van der Waals surface area contributed by atoms with E-state index in [0.29, 0.717) is 5.92 Å². The Morgan fingerprint density at radius 2 is 2.36 bits per heavy atom. The Morgan fingerprint density at radius 3 is 3.00 bits per heavy atom. The molecule has 1 aliphatic heterocycles. The first kappa shape index (κ1) is 9.46. The Kier molecular flexibility index (Phi) is 2.99. The van der Waals surface area contributed by atoms with E-state index in [1.807, 2.05) is 18.2 Å². The number of rotatable bonds is 5. The fraction of sp³-hybridized carbons (Fsp3) is 0.545. The highest BCUT2D eigenvalue weighted by Gasteiger charge is 2.19. The molecule has 2 rings (SSSR count).